The molecule has 51 heavy (non-hydrogen) atoms. The van der Waals surface area contributed by atoms with Crippen LogP contribution in [-0.4, -0.2) is 0 Å². The average Bonchev–Trinajstić information content (AvgIpc) is 3.67. The molecular weight excluding hydrogens is 615 g/mol. The van der Waals surface area contributed by atoms with Crippen LogP contribution in [0.25, 0.3) is 44.5 Å². The van der Waals surface area contributed by atoms with Gasteiger partial charge in [-0.05, 0) is 114 Å². The first-order chi connectivity index (χ1) is 25.3. The molecule has 0 saturated carbocycles. The van der Waals surface area contributed by atoms with Crippen molar-refractivity contribution < 1.29 is 0 Å². The predicted octanol–water partition coefficient (Wildman–Crippen LogP) is 12.7. The van der Waals surface area contributed by atoms with Crippen LogP contribution in [0.2, 0.25) is 0 Å². The molecule has 238 valence electrons. The number of hydrogen-bond acceptors (Lipinski definition) is 1. The lowest BCUT2D eigenvalue weighted by Crippen LogP contribution is -2.26. The topological polar surface area (TPSA) is 3.24 Å². The first-order valence-corrected chi connectivity index (χ1v) is 17.9. The molecule has 3 aliphatic rings. The van der Waals surface area contributed by atoms with Gasteiger partial charge in [-0.15, -0.1) is 0 Å². The number of hydrogen-bond donors (Lipinski definition) is 0. The highest BCUT2D eigenvalue weighted by atomic mass is 15.2. The van der Waals surface area contributed by atoms with Crippen LogP contribution in [0.3, 0.4) is 0 Å². The van der Waals surface area contributed by atoms with Gasteiger partial charge in [0.25, 0.3) is 0 Å². The zero-order valence-corrected chi connectivity index (χ0v) is 28.1. The number of rotatable bonds is 3. The zero-order valence-electron chi connectivity index (χ0n) is 28.1. The Balaban J connectivity index is 1.16. The summed E-state index contributed by atoms with van der Waals surface area (Å²) in [6.07, 6.45) is 0.879. The molecule has 8 aromatic carbocycles. The van der Waals surface area contributed by atoms with Crippen LogP contribution in [0.15, 0.2) is 188 Å². The summed E-state index contributed by atoms with van der Waals surface area (Å²) in [5, 5.41) is 0. The van der Waals surface area contributed by atoms with Gasteiger partial charge in [0.15, 0.2) is 0 Å². The molecule has 0 unspecified atom stereocenters. The maximum Gasteiger partial charge on any atom is 0.0726 e. The minimum absolute atomic E-state index is 0.384. The standard InChI is InChI=1S/C50H33N/c1-3-13-33(14-4-1)35-23-27-48-37(29-35)31-38-30-36(34-15-5-2-6-16-34)24-28-49(38)51(48)39-25-26-43-42-19-9-12-22-46(42)50(47(43)32-39)44-20-10-7-17-40(44)41-18-8-11-21-45(41)50/h1-30,32H,31H2. The van der Waals surface area contributed by atoms with Crippen molar-refractivity contribution in [1.82, 2.24) is 0 Å². The van der Waals surface area contributed by atoms with Crippen molar-refractivity contribution in [2.24, 2.45) is 0 Å². The summed E-state index contributed by atoms with van der Waals surface area (Å²) in [4.78, 5) is 2.52. The highest BCUT2D eigenvalue weighted by molar-refractivity contribution is 5.97. The Morgan fingerprint density at radius 1 is 0.333 bits per heavy atom. The van der Waals surface area contributed by atoms with E-state index in [0.717, 1.165) is 6.42 Å². The number of fused-ring (bicyclic) bond motifs is 12. The minimum atomic E-state index is -0.384. The maximum atomic E-state index is 2.52. The molecule has 1 spiro atoms. The summed E-state index contributed by atoms with van der Waals surface area (Å²) in [6, 6.07) is 70.0. The average molecular weight is 648 g/mol. The molecule has 2 aliphatic carbocycles. The quantitative estimate of drug-likeness (QED) is 0.184. The van der Waals surface area contributed by atoms with Gasteiger partial charge in [0.1, 0.15) is 0 Å². The third-order valence-corrected chi connectivity index (χ3v) is 11.5. The Labute approximate surface area is 298 Å². The van der Waals surface area contributed by atoms with Crippen LogP contribution in [0.4, 0.5) is 17.1 Å². The maximum absolute atomic E-state index is 2.52. The van der Waals surface area contributed by atoms with Crippen molar-refractivity contribution in [3.63, 3.8) is 0 Å². The highest BCUT2D eigenvalue weighted by Crippen LogP contribution is 2.63. The molecule has 1 aliphatic heterocycles. The third kappa shape index (κ3) is 3.98. The van der Waals surface area contributed by atoms with E-state index in [4.69, 9.17) is 0 Å². The molecule has 1 heterocycles. The molecule has 8 aromatic rings. The molecule has 0 aromatic heterocycles. The van der Waals surface area contributed by atoms with E-state index >= 15 is 0 Å². The summed E-state index contributed by atoms with van der Waals surface area (Å²) in [5.41, 5.74) is 21.7. The zero-order chi connectivity index (χ0) is 33.5. The summed E-state index contributed by atoms with van der Waals surface area (Å²) < 4.78 is 0. The van der Waals surface area contributed by atoms with Gasteiger partial charge < -0.3 is 4.90 Å². The second-order valence-electron chi connectivity index (χ2n) is 14.0. The fourth-order valence-electron chi connectivity index (χ4n) is 9.35. The smallest absolute Gasteiger partial charge is 0.0726 e. The van der Waals surface area contributed by atoms with Gasteiger partial charge in [-0.25, -0.2) is 0 Å². The number of anilines is 3. The van der Waals surface area contributed by atoms with Crippen molar-refractivity contribution in [2.75, 3.05) is 4.90 Å². The van der Waals surface area contributed by atoms with Gasteiger partial charge in [0, 0.05) is 23.5 Å². The van der Waals surface area contributed by atoms with Gasteiger partial charge in [-0.2, -0.15) is 0 Å². The van der Waals surface area contributed by atoms with Crippen molar-refractivity contribution in [1.29, 1.82) is 0 Å². The van der Waals surface area contributed by atoms with Gasteiger partial charge in [0.05, 0.1) is 5.41 Å². The molecule has 0 amide bonds. The van der Waals surface area contributed by atoms with Crippen LogP contribution in [0.1, 0.15) is 33.4 Å². The van der Waals surface area contributed by atoms with E-state index in [1.807, 2.05) is 0 Å². The Morgan fingerprint density at radius 2 is 0.765 bits per heavy atom. The molecule has 0 saturated heterocycles. The normalized spacial score (nSPS) is 13.9. The van der Waals surface area contributed by atoms with E-state index in [0.29, 0.717) is 0 Å². The molecule has 1 nitrogen and oxygen atoms in total. The van der Waals surface area contributed by atoms with Crippen LogP contribution >= 0.6 is 0 Å². The lowest BCUT2D eigenvalue weighted by Gasteiger charge is -2.36. The van der Waals surface area contributed by atoms with Crippen LogP contribution in [0, 0.1) is 0 Å². The lowest BCUT2D eigenvalue weighted by molar-refractivity contribution is 0.793. The van der Waals surface area contributed by atoms with Crippen molar-refractivity contribution in [3.05, 3.63) is 221 Å². The lowest BCUT2D eigenvalue weighted by atomic mass is 9.70. The Bertz CT molecular complexity index is 2520. The Kier molecular flexibility index (Phi) is 6.00. The Morgan fingerprint density at radius 3 is 1.25 bits per heavy atom. The molecule has 11 rings (SSSR count). The van der Waals surface area contributed by atoms with Crippen LogP contribution < -0.4 is 4.90 Å². The minimum Gasteiger partial charge on any atom is -0.310 e. The molecule has 0 N–H and O–H groups in total. The number of benzene rings is 8. The summed E-state index contributed by atoms with van der Waals surface area (Å²) >= 11 is 0. The third-order valence-electron chi connectivity index (χ3n) is 11.5. The summed E-state index contributed by atoms with van der Waals surface area (Å²) in [5.74, 6) is 0. The van der Waals surface area contributed by atoms with E-state index in [1.165, 1.54) is 95.0 Å². The van der Waals surface area contributed by atoms with Gasteiger partial charge in [0.2, 0.25) is 0 Å². The van der Waals surface area contributed by atoms with E-state index < -0.39 is 0 Å². The van der Waals surface area contributed by atoms with Crippen molar-refractivity contribution in [3.8, 4) is 44.5 Å². The van der Waals surface area contributed by atoms with Crippen LogP contribution in [0.5, 0.6) is 0 Å². The van der Waals surface area contributed by atoms with Crippen molar-refractivity contribution in [2.45, 2.75) is 11.8 Å². The highest BCUT2D eigenvalue weighted by Gasteiger charge is 2.51. The molecule has 0 bridgehead atoms. The second-order valence-corrected chi connectivity index (χ2v) is 14.0. The summed E-state index contributed by atoms with van der Waals surface area (Å²) in [7, 11) is 0. The second kappa shape index (κ2) is 10.8. The summed E-state index contributed by atoms with van der Waals surface area (Å²) in [6.45, 7) is 0. The molecule has 0 radical (unpaired) electrons. The molecule has 1 heteroatoms. The molecule has 0 atom stereocenters. The SMILES string of the molecule is c1ccc(-c2ccc3c(c2)Cc2cc(-c4ccccc4)ccc2N3c2ccc3c(c2)C2(c4ccccc4-c4ccccc42)c2ccccc2-3)cc1. The molecular formula is C50H33N. The van der Waals surface area contributed by atoms with E-state index in [2.05, 4.69) is 193 Å². The Hall–Kier alpha value is -6.44. The first-order valence-electron chi connectivity index (χ1n) is 17.9. The van der Waals surface area contributed by atoms with Gasteiger partial charge >= 0.3 is 0 Å². The predicted molar refractivity (Wildman–Crippen MR) is 211 cm³/mol. The van der Waals surface area contributed by atoms with E-state index in [-0.39, 0.29) is 5.41 Å². The fraction of sp³-hybridized carbons (Fsp3) is 0.0400. The van der Waals surface area contributed by atoms with Crippen LogP contribution in [-0.2, 0) is 11.8 Å². The van der Waals surface area contributed by atoms with Crippen molar-refractivity contribution >= 4 is 17.1 Å². The first kappa shape index (κ1) is 28.4. The molecule has 0 fully saturated rings. The number of nitrogens with zero attached hydrogens (tertiary/aromatic N) is 1. The monoisotopic (exact) mass is 647 g/mol. The van der Waals surface area contributed by atoms with E-state index in [9.17, 15) is 0 Å². The van der Waals surface area contributed by atoms with E-state index in [1.54, 1.807) is 0 Å². The largest absolute Gasteiger partial charge is 0.310 e. The fourth-order valence-corrected chi connectivity index (χ4v) is 9.35. The van der Waals surface area contributed by atoms with Gasteiger partial charge in [-0.1, -0.05) is 152 Å². The van der Waals surface area contributed by atoms with Gasteiger partial charge in [-0.3, -0.25) is 0 Å².